The van der Waals surface area contributed by atoms with Gasteiger partial charge in [-0.05, 0) is 6.07 Å². The molecule has 0 atom stereocenters. The fourth-order valence-corrected chi connectivity index (χ4v) is 1.30. The Balaban J connectivity index is 2.49. The van der Waals surface area contributed by atoms with E-state index in [9.17, 15) is 9.59 Å². The Morgan fingerprint density at radius 3 is 2.65 bits per heavy atom. The van der Waals surface area contributed by atoms with Crippen LogP contribution in [-0.4, -0.2) is 36.9 Å². The summed E-state index contributed by atoms with van der Waals surface area (Å²) in [5, 5.41) is 8.21. The van der Waals surface area contributed by atoms with Crippen LogP contribution in [0.15, 0.2) is 18.5 Å². The SMILES string of the molecule is CNc1ccncc1C(=O)NCCNC(C)=O. The third-order valence-electron chi connectivity index (χ3n) is 2.12. The molecule has 6 nitrogen and oxygen atoms in total. The maximum absolute atomic E-state index is 11.8. The van der Waals surface area contributed by atoms with Gasteiger partial charge in [-0.3, -0.25) is 14.6 Å². The van der Waals surface area contributed by atoms with Crippen LogP contribution in [0.3, 0.4) is 0 Å². The van der Waals surface area contributed by atoms with E-state index in [1.54, 1.807) is 19.3 Å². The van der Waals surface area contributed by atoms with E-state index in [0.717, 1.165) is 5.69 Å². The Bertz CT molecular complexity index is 406. The summed E-state index contributed by atoms with van der Waals surface area (Å²) in [6.07, 6.45) is 3.11. The first kappa shape index (κ1) is 13.0. The summed E-state index contributed by atoms with van der Waals surface area (Å²) in [7, 11) is 1.74. The van der Waals surface area contributed by atoms with E-state index in [4.69, 9.17) is 0 Å². The highest BCUT2D eigenvalue weighted by Crippen LogP contribution is 2.11. The number of carbonyl (C=O) groups excluding carboxylic acids is 2. The summed E-state index contributed by atoms with van der Waals surface area (Å²) in [4.78, 5) is 26.3. The minimum absolute atomic E-state index is 0.114. The minimum Gasteiger partial charge on any atom is -0.387 e. The maximum Gasteiger partial charge on any atom is 0.255 e. The van der Waals surface area contributed by atoms with E-state index in [-0.39, 0.29) is 11.8 Å². The molecule has 1 heterocycles. The van der Waals surface area contributed by atoms with Crippen molar-refractivity contribution in [1.82, 2.24) is 15.6 Å². The topological polar surface area (TPSA) is 83.1 Å². The number of nitrogens with zero attached hydrogens (tertiary/aromatic N) is 1. The number of pyridine rings is 1. The largest absolute Gasteiger partial charge is 0.387 e. The summed E-state index contributed by atoms with van der Waals surface area (Å²) >= 11 is 0. The number of aromatic nitrogens is 1. The van der Waals surface area contributed by atoms with Crippen LogP contribution in [-0.2, 0) is 4.79 Å². The number of anilines is 1. The molecule has 0 saturated carbocycles. The van der Waals surface area contributed by atoms with Gasteiger partial charge in [0.25, 0.3) is 5.91 Å². The molecule has 2 amide bonds. The van der Waals surface area contributed by atoms with Crippen LogP contribution in [0.2, 0.25) is 0 Å². The van der Waals surface area contributed by atoms with E-state index < -0.39 is 0 Å². The molecular formula is C11H16N4O2. The van der Waals surface area contributed by atoms with Crippen LogP contribution in [0.5, 0.6) is 0 Å². The zero-order valence-electron chi connectivity index (χ0n) is 9.91. The van der Waals surface area contributed by atoms with Gasteiger partial charge in [-0.1, -0.05) is 0 Å². The van der Waals surface area contributed by atoms with Gasteiger partial charge in [0, 0.05) is 45.1 Å². The van der Waals surface area contributed by atoms with Crippen molar-refractivity contribution >= 4 is 17.5 Å². The van der Waals surface area contributed by atoms with E-state index in [1.165, 1.54) is 13.1 Å². The lowest BCUT2D eigenvalue weighted by Gasteiger charge is -2.09. The molecule has 92 valence electrons. The molecule has 1 rings (SSSR count). The van der Waals surface area contributed by atoms with Gasteiger partial charge >= 0.3 is 0 Å². The second kappa shape index (κ2) is 6.47. The third-order valence-corrected chi connectivity index (χ3v) is 2.12. The highest BCUT2D eigenvalue weighted by atomic mass is 16.2. The van der Waals surface area contributed by atoms with Crippen LogP contribution in [0.1, 0.15) is 17.3 Å². The first-order chi connectivity index (χ1) is 8.15. The molecule has 0 bridgehead atoms. The average molecular weight is 236 g/mol. The van der Waals surface area contributed by atoms with Crippen molar-refractivity contribution in [1.29, 1.82) is 0 Å². The number of rotatable bonds is 5. The molecule has 17 heavy (non-hydrogen) atoms. The number of nitrogens with one attached hydrogen (secondary N) is 3. The van der Waals surface area contributed by atoms with Gasteiger partial charge in [0.1, 0.15) is 0 Å². The lowest BCUT2D eigenvalue weighted by molar-refractivity contribution is -0.118. The van der Waals surface area contributed by atoms with E-state index in [1.807, 2.05) is 0 Å². The fourth-order valence-electron chi connectivity index (χ4n) is 1.30. The first-order valence-electron chi connectivity index (χ1n) is 5.29. The molecule has 0 fully saturated rings. The zero-order chi connectivity index (χ0) is 12.7. The van der Waals surface area contributed by atoms with Crippen molar-refractivity contribution in [2.24, 2.45) is 0 Å². The third kappa shape index (κ3) is 4.10. The molecule has 0 radical (unpaired) electrons. The van der Waals surface area contributed by atoms with Crippen molar-refractivity contribution in [3.8, 4) is 0 Å². The lowest BCUT2D eigenvalue weighted by Crippen LogP contribution is -2.33. The molecule has 0 unspecified atom stereocenters. The Labute approximate surface area is 99.8 Å². The predicted molar refractivity (Wildman–Crippen MR) is 64.8 cm³/mol. The smallest absolute Gasteiger partial charge is 0.255 e. The fraction of sp³-hybridized carbons (Fsp3) is 0.364. The van der Waals surface area contributed by atoms with Gasteiger partial charge < -0.3 is 16.0 Å². The average Bonchev–Trinajstić information content (AvgIpc) is 2.34. The standard InChI is InChI=1S/C11H16N4O2/c1-8(16)14-5-6-15-11(17)9-7-13-4-3-10(9)12-2/h3-4,7H,5-6H2,1-2H3,(H,12,13)(H,14,16)(H,15,17). The van der Waals surface area contributed by atoms with Crippen LogP contribution in [0.4, 0.5) is 5.69 Å². The molecule has 0 saturated heterocycles. The molecule has 0 spiro atoms. The van der Waals surface area contributed by atoms with Crippen molar-refractivity contribution in [2.75, 3.05) is 25.5 Å². The molecule has 1 aromatic heterocycles. The summed E-state index contributed by atoms with van der Waals surface area (Å²) in [5.74, 6) is -0.329. The molecule has 0 aliphatic heterocycles. The lowest BCUT2D eigenvalue weighted by atomic mass is 10.2. The second-order valence-electron chi connectivity index (χ2n) is 3.41. The summed E-state index contributed by atoms with van der Waals surface area (Å²) in [6, 6.07) is 1.72. The van der Waals surface area contributed by atoms with E-state index in [2.05, 4.69) is 20.9 Å². The zero-order valence-corrected chi connectivity index (χ0v) is 9.91. The molecule has 0 aromatic carbocycles. The first-order valence-corrected chi connectivity index (χ1v) is 5.29. The molecule has 3 N–H and O–H groups in total. The molecular weight excluding hydrogens is 220 g/mol. The van der Waals surface area contributed by atoms with Crippen LogP contribution >= 0.6 is 0 Å². The summed E-state index contributed by atoms with van der Waals surface area (Å²) in [5.41, 5.74) is 1.20. The van der Waals surface area contributed by atoms with E-state index >= 15 is 0 Å². The van der Waals surface area contributed by atoms with Crippen molar-refractivity contribution in [3.05, 3.63) is 24.0 Å². The molecule has 6 heteroatoms. The van der Waals surface area contributed by atoms with Gasteiger partial charge in [-0.15, -0.1) is 0 Å². The summed E-state index contributed by atoms with van der Waals surface area (Å²) < 4.78 is 0. The van der Waals surface area contributed by atoms with Crippen LogP contribution in [0, 0.1) is 0 Å². The van der Waals surface area contributed by atoms with Crippen LogP contribution in [0.25, 0.3) is 0 Å². The minimum atomic E-state index is -0.215. The molecule has 0 aliphatic rings. The Morgan fingerprint density at radius 2 is 2.00 bits per heavy atom. The number of carbonyl (C=O) groups is 2. The summed E-state index contributed by atoms with van der Waals surface area (Å²) in [6.45, 7) is 2.23. The van der Waals surface area contributed by atoms with Gasteiger partial charge in [-0.25, -0.2) is 0 Å². The number of amides is 2. The van der Waals surface area contributed by atoms with E-state index in [0.29, 0.717) is 18.7 Å². The van der Waals surface area contributed by atoms with Gasteiger partial charge in [0.05, 0.1) is 5.56 Å². The molecule has 0 aliphatic carbocycles. The number of hydrogen-bond donors (Lipinski definition) is 3. The Kier molecular flexibility index (Phi) is 4.93. The van der Waals surface area contributed by atoms with Crippen molar-refractivity contribution in [3.63, 3.8) is 0 Å². The normalized spacial score (nSPS) is 9.53. The van der Waals surface area contributed by atoms with Crippen molar-refractivity contribution in [2.45, 2.75) is 6.92 Å². The van der Waals surface area contributed by atoms with Gasteiger partial charge in [-0.2, -0.15) is 0 Å². The highest BCUT2D eigenvalue weighted by molar-refractivity contribution is 5.99. The van der Waals surface area contributed by atoms with Gasteiger partial charge in [0.2, 0.25) is 5.91 Å². The molecule has 1 aromatic rings. The van der Waals surface area contributed by atoms with Gasteiger partial charge in [0.15, 0.2) is 0 Å². The maximum atomic E-state index is 11.8. The quantitative estimate of drug-likeness (QED) is 0.628. The predicted octanol–water partition coefficient (Wildman–Crippen LogP) is -0.0108. The highest BCUT2D eigenvalue weighted by Gasteiger charge is 2.09. The second-order valence-corrected chi connectivity index (χ2v) is 3.41. The monoisotopic (exact) mass is 236 g/mol. The Morgan fingerprint density at radius 1 is 1.29 bits per heavy atom. The van der Waals surface area contributed by atoms with Crippen LogP contribution < -0.4 is 16.0 Å². The number of hydrogen-bond acceptors (Lipinski definition) is 4. The Hall–Kier alpha value is -2.11. The van der Waals surface area contributed by atoms with Crippen molar-refractivity contribution < 1.29 is 9.59 Å².